The van der Waals surface area contributed by atoms with Crippen LogP contribution in [0.1, 0.15) is 36.1 Å². The third-order valence-corrected chi connectivity index (χ3v) is 7.06. The molecule has 40 heavy (non-hydrogen) atoms. The van der Waals surface area contributed by atoms with Crippen LogP contribution in [0.3, 0.4) is 0 Å². The summed E-state index contributed by atoms with van der Waals surface area (Å²) in [6.07, 6.45) is -8.49. The third kappa shape index (κ3) is 5.91. The molecule has 1 amide bonds. The van der Waals surface area contributed by atoms with Gasteiger partial charge in [-0.25, -0.2) is 4.98 Å². The van der Waals surface area contributed by atoms with Crippen molar-refractivity contribution >= 4 is 17.7 Å². The van der Waals surface area contributed by atoms with Gasteiger partial charge in [0.25, 0.3) is 0 Å². The number of aryl methyl sites for hydroxylation is 1. The molecule has 2 heterocycles. The van der Waals surface area contributed by atoms with E-state index in [2.05, 4.69) is 15.3 Å². The molecule has 0 radical (unpaired) electrons. The average Bonchev–Trinajstić information content (AvgIpc) is 2.91. The lowest BCUT2D eigenvalue weighted by molar-refractivity contribution is -0.143. The van der Waals surface area contributed by atoms with Gasteiger partial charge in [0.05, 0.1) is 16.5 Å². The van der Waals surface area contributed by atoms with Crippen LogP contribution in [0.5, 0.6) is 0 Å². The van der Waals surface area contributed by atoms with Gasteiger partial charge in [0.2, 0.25) is 11.9 Å². The van der Waals surface area contributed by atoms with E-state index in [-0.39, 0.29) is 11.9 Å². The number of benzene rings is 2. The largest absolute Gasteiger partial charge is 0.416 e. The predicted octanol–water partition coefficient (Wildman–Crippen LogP) is 5.84. The maximum Gasteiger partial charge on any atom is 0.416 e. The average molecular weight is 566 g/mol. The van der Waals surface area contributed by atoms with Crippen molar-refractivity contribution in [3.8, 4) is 11.1 Å². The number of likely N-dealkylation sites (N-methyl/N-ethyl adjacent to an activating group) is 1. The Bertz CT molecular complexity index is 1360. The zero-order valence-corrected chi connectivity index (χ0v) is 22.4. The number of hydrogen-bond donors (Lipinski definition) is 1. The zero-order chi connectivity index (χ0) is 29.5. The summed E-state index contributed by atoms with van der Waals surface area (Å²) in [4.78, 5) is 26.3. The Morgan fingerprint density at radius 2 is 1.45 bits per heavy atom. The molecule has 3 aromatic rings. The van der Waals surface area contributed by atoms with Gasteiger partial charge >= 0.3 is 12.4 Å². The molecule has 1 aliphatic rings. The number of nitrogens with zero attached hydrogens (tertiary/aromatic N) is 4. The molecule has 1 saturated heterocycles. The van der Waals surface area contributed by atoms with E-state index in [1.54, 1.807) is 6.20 Å². The van der Waals surface area contributed by atoms with E-state index in [0.717, 1.165) is 11.1 Å². The Hall–Kier alpha value is -3.67. The van der Waals surface area contributed by atoms with Crippen LogP contribution in [-0.4, -0.2) is 49.1 Å². The molecule has 0 bridgehead atoms. The van der Waals surface area contributed by atoms with Crippen LogP contribution >= 0.6 is 0 Å². The second kappa shape index (κ2) is 10.7. The van der Waals surface area contributed by atoms with Crippen molar-refractivity contribution in [1.82, 2.24) is 15.3 Å². The molecule has 12 heteroatoms. The van der Waals surface area contributed by atoms with Gasteiger partial charge in [-0.05, 0) is 55.7 Å². The molecule has 6 nitrogen and oxygen atoms in total. The van der Waals surface area contributed by atoms with Gasteiger partial charge in [-0.15, -0.1) is 0 Å². The quantitative estimate of drug-likeness (QED) is 0.394. The Kier molecular flexibility index (Phi) is 7.85. The van der Waals surface area contributed by atoms with E-state index >= 15 is 0 Å². The van der Waals surface area contributed by atoms with Crippen LogP contribution in [0, 0.1) is 6.92 Å². The van der Waals surface area contributed by atoms with E-state index in [9.17, 15) is 31.1 Å². The SMILES string of the molecule is Cc1ccccc1-c1cnc(N2CCNCC2)nc1N(C)C(=O)C(C)(C)c1cc(C(F)(F)F)cc(C(F)(F)F)c1. The number of aromatic nitrogens is 2. The Morgan fingerprint density at radius 1 is 0.900 bits per heavy atom. The molecule has 0 unspecified atom stereocenters. The molecule has 0 aliphatic carbocycles. The Balaban J connectivity index is 1.83. The van der Waals surface area contributed by atoms with Crippen molar-refractivity contribution in [2.75, 3.05) is 43.0 Å². The van der Waals surface area contributed by atoms with E-state index in [1.807, 2.05) is 36.1 Å². The number of piperazine rings is 1. The third-order valence-electron chi connectivity index (χ3n) is 7.06. The van der Waals surface area contributed by atoms with Crippen LogP contribution in [0.2, 0.25) is 0 Å². The topological polar surface area (TPSA) is 61.4 Å². The van der Waals surface area contributed by atoms with Crippen LogP contribution in [0.25, 0.3) is 11.1 Å². The fraction of sp³-hybridized carbons (Fsp3) is 0.393. The van der Waals surface area contributed by atoms with Crippen LogP contribution in [0.4, 0.5) is 38.1 Å². The highest BCUT2D eigenvalue weighted by Gasteiger charge is 2.41. The van der Waals surface area contributed by atoms with E-state index in [1.165, 1.54) is 25.8 Å². The highest BCUT2D eigenvalue weighted by atomic mass is 19.4. The molecule has 4 rings (SSSR count). The molecular formula is C28H29F6N5O. The molecule has 0 atom stereocenters. The second-order valence-corrected chi connectivity index (χ2v) is 10.2. The number of anilines is 2. The minimum absolute atomic E-state index is 0.0498. The van der Waals surface area contributed by atoms with Crippen LogP contribution < -0.4 is 15.1 Å². The fourth-order valence-electron chi connectivity index (χ4n) is 4.66. The predicted molar refractivity (Wildman–Crippen MR) is 140 cm³/mol. The number of carbonyl (C=O) groups excluding carboxylic acids is 1. The first kappa shape index (κ1) is 29.3. The van der Waals surface area contributed by atoms with Crippen molar-refractivity contribution in [3.05, 3.63) is 70.9 Å². The van der Waals surface area contributed by atoms with Crippen molar-refractivity contribution in [2.24, 2.45) is 0 Å². The number of nitrogens with one attached hydrogen (secondary N) is 1. The smallest absolute Gasteiger partial charge is 0.338 e. The summed E-state index contributed by atoms with van der Waals surface area (Å²) in [5.41, 5.74) is -3.05. The summed E-state index contributed by atoms with van der Waals surface area (Å²) in [6.45, 7) is 7.12. The number of amides is 1. The Labute approximate surface area is 228 Å². The molecule has 1 N–H and O–H groups in total. The van der Waals surface area contributed by atoms with E-state index in [4.69, 9.17) is 0 Å². The van der Waals surface area contributed by atoms with Crippen molar-refractivity contribution in [2.45, 2.75) is 38.5 Å². The minimum Gasteiger partial charge on any atom is -0.338 e. The van der Waals surface area contributed by atoms with E-state index in [0.29, 0.717) is 49.8 Å². The standard InChI is InChI=1S/C28H29F6N5O/c1-17-7-5-6-8-21(17)22-16-36-25(39-11-9-35-10-12-39)37-23(22)38(4)24(40)26(2,3)18-13-19(27(29,30)31)15-20(14-18)28(32,33)34/h5-8,13-16,35H,9-12H2,1-4H3. The van der Waals surface area contributed by atoms with Crippen molar-refractivity contribution < 1.29 is 31.1 Å². The molecule has 1 aliphatic heterocycles. The maximum atomic E-state index is 13.9. The summed E-state index contributed by atoms with van der Waals surface area (Å²) < 4.78 is 81.4. The van der Waals surface area contributed by atoms with Crippen LogP contribution in [0.15, 0.2) is 48.7 Å². The number of halogens is 6. The Morgan fingerprint density at radius 3 is 2.00 bits per heavy atom. The first-order valence-corrected chi connectivity index (χ1v) is 12.6. The molecular weight excluding hydrogens is 536 g/mol. The molecule has 1 aromatic heterocycles. The summed E-state index contributed by atoms with van der Waals surface area (Å²) in [5.74, 6) is -0.177. The van der Waals surface area contributed by atoms with Crippen molar-refractivity contribution in [1.29, 1.82) is 0 Å². The number of rotatable bonds is 5. The fourth-order valence-corrected chi connectivity index (χ4v) is 4.66. The highest BCUT2D eigenvalue weighted by Crippen LogP contribution is 2.40. The van der Waals surface area contributed by atoms with Crippen molar-refractivity contribution in [3.63, 3.8) is 0 Å². The normalized spacial score (nSPS) is 14.8. The van der Waals surface area contributed by atoms with E-state index < -0.39 is 40.4 Å². The first-order valence-electron chi connectivity index (χ1n) is 12.6. The first-order chi connectivity index (χ1) is 18.6. The molecule has 0 saturated carbocycles. The van der Waals surface area contributed by atoms with Crippen LogP contribution in [-0.2, 0) is 22.6 Å². The minimum atomic E-state index is -5.04. The molecule has 0 spiro atoms. The summed E-state index contributed by atoms with van der Waals surface area (Å²) in [5, 5.41) is 3.23. The van der Waals surface area contributed by atoms with Gasteiger partial charge in [0.1, 0.15) is 5.82 Å². The monoisotopic (exact) mass is 565 g/mol. The zero-order valence-electron chi connectivity index (χ0n) is 22.4. The van der Waals surface area contributed by atoms with Gasteiger partial charge in [-0.2, -0.15) is 31.3 Å². The lowest BCUT2D eigenvalue weighted by atomic mass is 9.81. The second-order valence-electron chi connectivity index (χ2n) is 10.2. The van der Waals surface area contributed by atoms with Gasteiger partial charge in [-0.3, -0.25) is 9.69 Å². The lowest BCUT2D eigenvalue weighted by Gasteiger charge is -2.32. The van der Waals surface area contributed by atoms with Gasteiger partial charge in [0.15, 0.2) is 0 Å². The van der Waals surface area contributed by atoms with Gasteiger partial charge in [-0.1, -0.05) is 24.3 Å². The summed E-state index contributed by atoms with van der Waals surface area (Å²) >= 11 is 0. The number of alkyl halides is 6. The number of hydrogen-bond acceptors (Lipinski definition) is 5. The molecule has 214 valence electrons. The summed E-state index contributed by atoms with van der Waals surface area (Å²) in [6, 6.07) is 8.59. The highest BCUT2D eigenvalue weighted by molar-refractivity contribution is 6.02. The lowest BCUT2D eigenvalue weighted by Crippen LogP contribution is -2.45. The van der Waals surface area contributed by atoms with Gasteiger partial charge in [0, 0.05) is 45.0 Å². The number of carbonyl (C=O) groups is 1. The summed E-state index contributed by atoms with van der Waals surface area (Å²) in [7, 11) is 1.41. The maximum absolute atomic E-state index is 13.9. The molecule has 1 fully saturated rings. The van der Waals surface area contributed by atoms with Gasteiger partial charge < -0.3 is 10.2 Å². The molecule has 2 aromatic carbocycles.